The summed E-state index contributed by atoms with van der Waals surface area (Å²) >= 11 is 3.33. The summed E-state index contributed by atoms with van der Waals surface area (Å²) in [5, 5.41) is 3.02. The van der Waals surface area contributed by atoms with Gasteiger partial charge in [0.05, 0.1) is 18.4 Å². The Labute approximate surface area is 125 Å². The molecule has 2 aromatic rings. The average Bonchev–Trinajstić information content (AvgIpc) is 2.90. The Hall–Kier alpha value is -1.38. The third-order valence-corrected chi connectivity index (χ3v) is 4.77. The zero-order valence-corrected chi connectivity index (χ0v) is 13.4. The second kappa shape index (κ2) is 5.94. The molecule has 0 aliphatic rings. The maximum atomic E-state index is 11.5. The van der Waals surface area contributed by atoms with Gasteiger partial charge in [0.2, 0.25) is 5.09 Å². The van der Waals surface area contributed by atoms with Crippen molar-refractivity contribution >= 4 is 31.6 Å². The SMILES string of the molecule is CNS(=O)(=O)c1ccc(CNc2cnc(Br)c(C)c2)o1. The van der Waals surface area contributed by atoms with E-state index in [4.69, 9.17) is 4.42 Å². The summed E-state index contributed by atoms with van der Waals surface area (Å²) in [4.78, 5) is 4.17. The Bertz CT molecular complexity index is 712. The van der Waals surface area contributed by atoms with E-state index >= 15 is 0 Å². The third-order valence-electron chi connectivity index (χ3n) is 2.65. The molecule has 0 amide bonds. The molecule has 2 heterocycles. The van der Waals surface area contributed by atoms with Crippen molar-refractivity contribution in [1.82, 2.24) is 9.71 Å². The molecular weight excluding hydrogens is 346 g/mol. The molecule has 0 bridgehead atoms. The van der Waals surface area contributed by atoms with Crippen LogP contribution < -0.4 is 10.0 Å². The van der Waals surface area contributed by atoms with Gasteiger partial charge in [0.1, 0.15) is 10.4 Å². The Kier molecular flexibility index (Phi) is 4.46. The number of pyridine rings is 1. The highest BCUT2D eigenvalue weighted by atomic mass is 79.9. The fourth-order valence-corrected chi connectivity index (χ4v) is 2.42. The first-order chi connectivity index (χ1) is 9.42. The summed E-state index contributed by atoms with van der Waals surface area (Å²) in [6.45, 7) is 2.31. The first-order valence-corrected chi connectivity index (χ1v) is 8.08. The van der Waals surface area contributed by atoms with Crippen LogP contribution in [0.1, 0.15) is 11.3 Å². The predicted octanol–water partition coefficient (Wildman–Crippen LogP) is 2.27. The number of anilines is 1. The number of nitrogens with one attached hydrogen (secondary N) is 2. The number of aromatic nitrogens is 1. The van der Waals surface area contributed by atoms with Gasteiger partial charge in [-0.1, -0.05) is 0 Å². The molecule has 0 aliphatic heterocycles. The van der Waals surface area contributed by atoms with Gasteiger partial charge < -0.3 is 9.73 Å². The minimum Gasteiger partial charge on any atom is -0.446 e. The van der Waals surface area contributed by atoms with Crippen molar-refractivity contribution in [1.29, 1.82) is 0 Å². The predicted molar refractivity (Wildman–Crippen MR) is 79.0 cm³/mol. The van der Waals surface area contributed by atoms with Crippen molar-refractivity contribution in [2.24, 2.45) is 0 Å². The molecule has 0 unspecified atom stereocenters. The number of hydrogen-bond acceptors (Lipinski definition) is 5. The molecular formula is C12H14BrN3O3S. The van der Waals surface area contributed by atoms with Gasteiger partial charge in [-0.05, 0) is 53.7 Å². The molecule has 0 aliphatic carbocycles. The van der Waals surface area contributed by atoms with E-state index < -0.39 is 10.0 Å². The number of nitrogens with zero attached hydrogens (tertiary/aromatic N) is 1. The summed E-state index contributed by atoms with van der Waals surface area (Å²) in [7, 11) is -2.20. The maximum absolute atomic E-state index is 11.5. The van der Waals surface area contributed by atoms with Crippen molar-refractivity contribution in [3.05, 3.63) is 40.3 Å². The van der Waals surface area contributed by atoms with E-state index in [2.05, 4.69) is 31.0 Å². The second-order valence-electron chi connectivity index (χ2n) is 4.11. The van der Waals surface area contributed by atoms with E-state index in [1.54, 1.807) is 12.3 Å². The lowest BCUT2D eigenvalue weighted by molar-refractivity contribution is 0.417. The van der Waals surface area contributed by atoms with Crippen LogP contribution in [0.3, 0.4) is 0 Å². The van der Waals surface area contributed by atoms with Gasteiger partial charge in [0, 0.05) is 0 Å². The smallest absolute Gasteiger partial charge is 0.273 e. The molecule has 20 heavy (non-hydrogen) atoms. The van der Waals surface area contributed by atoms with Crippen LogP contribution in [-0.2, 0) is 16.6 Å². The Morgan fingerprint density at radius 1 is 1.40 bits per heavy atom. The monoisotopic (exact) mass is 359 g/mol. The van der Waals surface area contributed by atoms with E-state index in [9.17, 15) is 8.42 Å². The van der Waals surface area contributed by atoms with Crippen LogP contribution in [0.5, 0.6) is 0 Å². The van der Waals surface area contributed by atoms with Gasteiger partial charge in [0.25, 0.3) is 10.0 Å². The van der Waals surface area contributed by atoms with Crippen molar-refractivity contribution in [3.8, 4) is 0 Å². The fraction of sp³-hybridized carbons (Fsp3) is 0.250. The van der Waals surface area contributed by atoms with Gasteiger partial charge in [0.15, 0.2) is 0 Å². The van der Waals surface area contributed by atoms with Crippen molar-refractivity contribution in [3.63, 3.8) is 0 Å². The zero-order chi connectivity index (χ0) is 14.8. The minimum atomic E-state index is -3.54. The van der Waals surface area contributed by atoms with E-state index in [1.165, 1.54) is 13.1 Å². The number of hydrogen-bond donors (Lipinski definition) is 2. The molecule has 108 valence electrons. The van der Waals surface area contributed by atoms with Gasteiger partial charge in [-0.25, -0.2) is 18.1 Å². The second-order valence-corrected chi connectivity index (χ2v) is 6.68. The lowest BCUT2D eigenvalue weighted by Crippen LogP contribution is -2.17. The first-order valence-electron chi connectivity index (χ1n) is 5.80. The summed E-state index contributed by atoms with van der Waals surface area (Å²) in [5.41, 5.74) is 1.84. The molecule has 0 saturated carbocycles. The molecule has 6 nitrogen and oxygen atoms in total. The van der Waals surface area contributed by atoms with E-state index in [1.807, 2.05) is 13.0 Å². The lowest BCUT2D eigenvalue weighted by Gasteiger charge is -2.05. The number of sulfonamides is 1. The molecule has 0 spiro atoms. The van der Waals surface area contributed by atoms with Crippen LogP contribution in [-0.4, -0.2) is 20.4 Å². The standard InChI is InChI=1S/C12H14BrN3O3S/c1-8-5-9(6-16-12(8)13)15-7-10-3-4-11(19-10)20(17,18)14-2/h3-6,14-15H,7H2,1-2H3. The zero-order valence-electron chi connectivity index (χ0n) is 11.0. The van der Waals surface area contributed by atoms with Crippen LogP contribution in [0.15, 0.2) is 38.5 Å². The van der Waals surface area contributed by atoms with Crippen LogP contribution in [0, 0.1) is 6.92 Å². The summed E-state index contributed by atoms with van der Waals surface area (Å²) in [6.07, 6.45) is 1.69. The highest BCUT2D eigenvalue weighted by molar-refractivity contribution is 9.10. The first kappa shape index (κ1) is 15.0. The molecule has 0 radical (unpaired) electrons. The molecule has 0 saturated heterocycles. The van der Waals surface area contributed by atoms with Crippen molar-refractivity contribution in [2.45, 2.75) is 18.6 Å². The number of aryl methyl sites for hydroxylation is 1. The van der Waals surface area contributed by atoms with Gasteiger partial charge in [-0.3, -0.25) is 0 Å². The van der Waals surface area contributed by atoms with Gasteiger partial charge in [-0.15, -0.1) is 0 Å². The number of halogens is 1. The van der Waals surface area contributed by atoms with E-state index in [0.29, 0.717) is 12.3 Å². The number of rotatable bonds is 5. The van der Waals surface area contributed by atoms with E-state index in [0.717, 1.165) is 15.9 Å². The summed E-state index contributed by atoms with van der Waals surface area (Å²) in [6, 6.07) is 4.98. The van der Waals surface area contributed by atoms with Gasteiger partial charge in [-0.2, -0.15) is 0 Å². The molecule has 2 rings (SSSR count). The van der Waals surface area contributed by atoms with E-state index in [-0.39, 0.29) is 5.09 Å². The third kappa shape index (κ3) is 3.38. The molecule has 0 fully saturated rings. The maximum Gasteiger partial charge on any atom is 0.273 e. The Balaban J connectivity index is 2.06. The summed E-state index contributed by atoms with van der Waals surface area (Å²) < 4.78 is 31.3. The van der Waals surface area contributed by atoms with Crippen molar-refractivity contribution < 1.29 is 12.8 Å². The molecule has 2 N–H and O–H groups in total. The highest BCUT2D eigenvalue weighted by Crippen LogP contribution is 2.18. The minimum absolute atomic E-state index is 0.0955. The average molecular weight is 360 g/mol. The molecule has 8 heteroatoms. The fourth-order valence-electron chi connectivity index (χ4n) is 1.54. The van der Waals surface area contributed by atoms with Crippen LogP contribution >= 0.6 is 15.9 Å². The van der Waals surface area contributed by atoms with Gasteiger partial charge >= 0.3 is 0 Å². The normalized spacial score (nSPS) is 11.6. The number of furan rings is 1. The van der Waals surface area contributed by atoms with Crippen LogP contribution in [0.25, 0.3) is 0 Å². The highest BCUT2D eigenvalue weighted by Gasteiger charge is 2.16. The molecule has 2 aromatic heterocycles. The Morgan fingerprint density at radius 3 is 2.80 bits per heavy atom. The Morgan fingerprint density at radius 2 is 2.15 bits per heavy atom. The van der Waals surface area contributed by atoms with Crippen LogP contribution in [0.4, 0.5) is 5.69 Å². The summed E-state index contributed by atoms with van der Waals surface area (Å²) in [5.74, 6) is 0.527. The van der Waals surface area contributed by atoms with Crippen molar-refractivity contribution in [2.75, 3.05) is 12.4 Å². The molecule has 0 atom stereocenters. The molecule has 0 aromatic carbocycles. The quantitative estimate of drug-likeness (QED) is 0.799. The van der Waals surface area contributed by atoms with Crippen LogP contribution in [0.2, 0.25) is 0 Å². The lowest BCUT2D eigenvalue weighted by atomic mass is 10.3. The topological polar surface area (TPSA) is 84.2 Å². The largest absolute Gasteiger partial charge is 0.446 e.